The largest absolute Gasteiger partial charge is 0.368 e. The number of hydrogen-bond acceptors (Lipinski definition) is 6. The van der Waals surface area contributed by atoms with Gasteiger partial charge in [-0.3, -0.25) is 4.79 Å². The van der Waals surface area contributed by atoms with Crippen LogP contribution in [0.1, 0.15) is 45.4 Å². The molecule has 1 aromatic rings. The molecule has 20 heavy (non-hydrogen) atoms. The maximum absolute atomic E-state index is 11.6. The van der Waals surface area contributed by atoms with Gasteiger partial charge in [0.05, 0.1) is 5.54 Å². The Balaban J connectivity index is 1.73. The van der Waals surface area contributed by atoms with Gasteiger partial charge in [-0.1, -0.05) is 18.7 Å². The van der Waals surface area contributed by atoms with Gasteiger partial charge in [-0.2, -0.15) is 4.37 Å². The first-order valence-electron chi connectivity index (χ1n) is 7.06. The average Bonchev–Trinajstić information content (AvgIpc) is 3.10. The lowest BCUT2D eigenvalue weighted by atomic mass is 9.95. The molecule has 2 rings (SSSR count). The van der Waals surface area contributed by atoms with E-state index in [9.17, 15) is 4.79 Å². The first-order chi connectivity index (χ1) is 9.53. The van der Waals surface area contributed by atoms with E-state index >= 15 is 0 Å². The van der Waals surface area contributed by atoms with E-state index in [0.717, 1.165) is 48.0 Å². The fourth-order valence-corrected chi connectivity index (χ4v) is 3.68. The van der Waals surface area contributed by atoms with Crippen LogP contribution in [-0.2, 0) is 11.2 Å². The van der Waals surface area contributed by atoms with Crippen molar-refractivity contribution in [2.24, 2.45) is 5.73 Å². The normalized spacial score (nSPS) is 17.9. The van der Waals surface area contributed by atoms with Crippen molar-refractivity contribution in [1.82, 2.24) is 14.7 Å². The molecule has 1 unspecified atom stereocenters. The third kappa shape index (κ3) is 4.43. The fourth-order valence-electron chi connectivity index (χ4n) is 1.97. The van der Waals surface area contributed by atoms with Crippen LogP contribution in [0.15, 0.2) is 4.34 Å². The summed E-state index contributed by atoms with van der Waals surface area (Å²) in [4.78, 5) is 16.0. The van der Waals surface area contributed by atoms with Crippen LogP contribution < -0.4 is 11.1 Å². The molecular weight excluding hydrogens is 292 g/mol. The standard InChI is InChI=1S/C13H22N4OS2/c1-3-10-15-12(20-17-10)19-8-4-7-13(2,11(14)18)16-9-5-6-9/h9,16H,3-8H2,1-2H3,(H2,14,18). The van der Waals surface area contributed by atoms with E-state index in [1.54, 1.807) is 11.8 Å². The van der Waals surface area contributed by atoms with Crippen LogP contribution in [0.4, 0.5) is 0 Å². The Morgan fingerprint density at radius 3 is 2.90 bits per heavy atom. The maximum atomic E-state index is 11.6. The summed E-state index contributed by atoms with van der Waals surface area (Å²) in [6.45, 7) is 3.97. The van der Waals surface area contributed by atoms with E-state index in [1.165, 1.54) is 11.5 Å². The minimum Gasteiger partial charge on any atom is -0.368 e. The highest BCUT2D eigenvalue weighted by molar-refractivity contribution is 8.00. The topological polar surface area (TPSA) is 80.9 Å². The molecule has 0 aromatic carbocycles. The van der Waals surface area contributed by atoms with E-state index in [-0.39, 0.29) is 5.91 Å². The first kappa shape index (κ1) is 15.7. The maximum Gasteiger partial charge on any atom is 0.237 e. The van der Waals surface area contributed by atoms with Crippen LogP contribution in [0, 0.1) is 0 Å². The number of carbonyl (C=O) groups is 1. The quantitative estimate of drug-likeness (QED) is 0.538. The Hall–Kier alpha value is -0.660. The highest BCUT2D eigenvalue weighted by atomic mass is 32.2. The molecule has 1 amide bonds. The monoisotopic (exact) mass is 314 g/mol. The number of nitrogens with two attached hydrogens (primary N) is 1. The third-order valence-corrected chi connectivity index (χ3v) is 5.41. The van der Waals surface area contributed by atoms with E-state index < -0.39 is 5.54 Å². The van der Waals surface area contributed by atoms with Gasteiger partial charge < -0.3 is 11.1 Å². The lowest BCUT2D eigenvalue weighted by Gasteiger charge is -2.27. The summed E-state index contributed by atoms with van der Waals surface area (Å²) >= 11 is 3.16. The second-order valence-corrected chi connectivity index (χ2v) is 7.49. The lowest BCUT2D eigenvalue weighted by Crippen LogP contribution is -2.54. The van der Waals surface area contributed by atoms with E-state index in [1.807, 2.05) is 6.92 Å². The van der Waals surface area contributed by atoms with Crippen molar-refractivity contribution < 1.29 is 4.79 Å². The van der Waals surface area contributed by atoms with Crippen molar-refractivity contribution in [2.75, 3.05) is 5.75 Å². The number of primary amides is 1. The summed E-state index contributed by atoms with van der Waals surface area (Å²) in [5.41, 5.74) is 4.96. The van der Waals surface area contributed by atoms with Crippen molar-refractivity contribution in [3.8, 4) is 0 Å². The number of aromatic nitrogens is 2. The van der Waals surface area contributed by atoms with Gasteiger partial charge in [-0.25, -0.2) is 4.98 Å². The summed E-state index contributed by atoms with van der Waals surface area (Å²) < 4.78 is 5.27. The number of carbonyl (C=O) groups excluding carboxylic acids is 1. The molecule has 0 bridgehead atoms. The van der Waals surface area contributed by atoms with Gasteiger partial charge in [0.2, 0.25) is 5.91 Å². The van der Waals surface area contributed by atoms with Gasteiger partial charge in [0, 0.05) is 18.2 Å². The van der Waals surface area contributed by atoms with Crippen molar-refractivity contribution in [1.29, 1.82) is 0 Å². The number of nitrogens with one attached hydrogen (secondary N) is 1. The molecule has 1 aliphatic rings. The Labute approximate surface area is 128 Å². The number of rotatable bonds is 9. The lowest BCUT2D eigenvalue weighted by molar-refractivity contribution is -0.124. The molecule has 1 atom stereocenters. The van der Waals surface area contributed by atoms with Gasteiger partial charge in [0.1, 0.15) is 5.82 Å². The molecule has 0 aliphatic heterocycles. The summed E-state index contributed by atoms with van der Waals surface area (Å²) in [6.07, 6.45) is 4.89. The van der Waals surface area contributed by atoms with Gasteiger partial charge >= 0.3 is 0 Å². The van der Waals surface area contributed by atoms with Gasteiger partial charge in [0.25, 0.3) is 0 Å². The number of amides is 1. The smallest absolute Gasteiger partial charge is 0.237 e. The van der Waals surface area contributed by atoms with Crippen LogP contribution >= 0.6 is 23.3 Å². The van der Waals surface area contributed by atoms with E-state index in [4.69, 9.17) is 5.73 Å². The number of thioether (sulfide) groups is 1. The Bertz CT molecular complexity index is 461. The zero-order chi connectivity index (χ0) is 14.6. The predicted molar refractivity (Wildman–Crippen MR) is 83.0 cm³/mol. The van der Waals surface area contributed by atoms with Crippen LogP contribution in [0.2, 0.25) is 0 Å². The van der Waals surface area contributed by atoms with Crippen molar-refractivity contribution in [3.63, 3.8) is 0 Å². The SMILES string of the molecule is CCc1nsc(SCCCC(C)(NC2CC2)C(N)=O)n1. The number of hydrogen-bond donors (Lipinski definition) is 2. The van der Waals surface area contributed by atoms with Gasteiger partial charge in [0.15, 0.2) is 4.34 Å². The Kier molecular flexibility index (Phi) is 5.40. The third-order valence-electron chi connectivity index (χ3n) is 3.46. The summed E-state index contributed by atoms with van der Waals surface area (Å²) in [5, 5.41) is 3.37. The summed E-state index contributed by atoms with van der Waals surface area (Å²) in [5.74, 6) is 1.60. The molecule has 1 saturated carbocycles. The van der Waals surface area contributed by atoms with Gasteiger partial charge in [-0.05, 0) is 44.1 Å². The molecule has 1 fully saturated rings. The summed E-state index contributed by atoms with van der Waals surface area (Å²) in [6, 6.07) is 0.482. The first-order valence-corrected chi connectivity index (χ1v) is 8.82. The molecule has 1 heterocycles. The molecule has 3 N–H and O–H groups in total. The molecule has 5 nitrogen and oxygen atoms in total. The molecule has 0 spiro atoms. The summed E-state index contributed by atoms with van der Waals surface area (Å²) in [7, 11) is 0. The predicted octanol–water partition coefficient (Wildman–Crippen LogP) is 1.97. The second kappa shape index (κ2) is 6.87. The fraction of sp³-hybridized carbons (Fsp3) is 0.769. The Morgan fingerprint density at radius 1 is 1.60 bits per heavy atom. The van der Waals surface area contributed by atoms with Crippen LogP contribution in [0.5, 0.6) is 0 Å². The highest BCUT2D eigenvalue weighted by Gasteiger charge is 2.36. The second-order valence-electron chi connectivity index (χ2n) is 5.40. The zero-order valence-corrected chi connectivity index (χ0v) is 13.6. The van der Waals surface area contributed by atoms with Crippen LogP contribution in [0.3, 0.4) is 0 Å². The molecule has 0 saturated heterocycles. The number of aryl methyl sites for hydroxylation is 1. The molecule has 0 radical (unpaired) electrons. The molecule has 112 valence electrons. The molecular formula is C13H22N4OS2. The average molecular weight is 314 g/mol. The number of nitrogens with zero attached hydrogens (tertiary/aromatic N) is 2. The minimum absolute atomic E-state index is 0.251. The van der Waals surface area contributed by atoms with Crippen molar-refractivity contribution in [3.05, 3.63) is 5.82 Å². The van der Waals surface area contributed by atoms with E-state index in [2.05, 4.69) is 21.6 Å². The molecule has 1 aromatic heterocycles. The van der Waals surface area contributed by atoms with Crippen LogP contribution in [0.25, 0.3) is 0 Å². The van der Waals surface area contributed by atoms with Crippen LogP contribution in [-0.4, -0.2) is 32.6 Å². The Morgan fingerprint density at radius 2 is 2.35 bits per heavy atom. The zero-order valence-electron chi connectivity index (χ0n) is 12.0. The van der Waals surface area contributed by atoms with Gasteiger partial charge in [-0.15, -0.1) is 0 Å². The minimum atomic E-state index is -0.572. The molecule has 7 heteroatoms. The highest BCUT2D eigenvalue weighted by Crippen LogP contribution is 2.26. The van der Waals surface area contributed by atoms with E-state index in [0.29, 0.717) is 6.04 Å². The van der Waals surface area contributed by atoms with Crippen molar-refractivity contribution in [2.45, 2.75) is 61.9 Å². The van der Waals surface area contributed by atoms with Crippen molar-refractivity contribution >= 4 is 29.2 Å². The molecule has 1 aliphatic carbocycles.